The van der Waals surface area contributed by atoms with E-state index in [0.717, 1.165) is 49.9 Å². The number of hydrogen-bond acceptors (Lipinski definition) is 2. The van der Waals surface area contributed by atoms with Gasteiger partial charge in [0.05, 0.1) is 5.56 Å². The number of amides is 1. The van der Waals surface area contributed by atoms with E-state index in [4.69, 9.17) is 0 Å². The average molecular weight is 378 g/mol. The maximum Gasteiger partial charge on any atom is 0.256 e. The second-order valence-corrected chi connectivity index (χ2v) is 6.77. The third-order valence-electron chi connectivity index (χ3n) is 4.55. The number of nitrogens with zero attached hydrogens (tertiary/aromatic N) is 1. The highest BCUT2D eigenvalue weighted by Crippen LogP contribution is 2.39. The summed E-state index contributed by atoms with van der Waals surface area (Å²) in [6.07, 6.45) is 3.26. The molecule has 0 radical (unpaired) electrons. The minimum absolute atomic E-state index is 0. The molecular weight excluding hydrogens is 359 g/mol. The second-order valence-electron chi connectivity index (χ2n) is 5.85. The van der Waals surface area contributed by atoms with Crippen molar-refractivity contribution in [3.05, 3.63) is 34.1 Å². The Morgan fingerprint density at radius 3 is 2.71 bits per heavy atom. The standard InChI is InChI=1S/C15H18BrFN2O.ClH/c16-11-1-2-13(17)12(9-11)14(20)19-8-5-15(10-19)3-6-18-7-4-15;/h1-2,9,18H,3-8,10H2;1H. The molecule has 1 amide bonds. The Balaban J connectivity index is 0.00000161. The fourth-order valence-corrected chi connectivity index (χ4v) is 3.67. The van der Waals surface area contributed by atoms with E-state index in [2.05, 4.69) is 21.2 Å². The molecule has 1 N–H and O–H groups in total. The zero-order valence-electron chi connectivity index (χ0n) is 11.7. The zero-order chi connectivity index (χ0) is 14.2. The Hall–Kier alpha value is -0.650. The van der Waals surface area contributed by atoms with Gasteiger partial charge >= 0.3 is 0 Å². The number of carbonyl (C=O) groups excluding carboxylic acids is 1. The Bertz CT molecular complexity index is 534. The van der Waals surface area contributed by atoms with Crippen LogP contribution in [0.2, 0.25) is 0 Å². The minimum atomic E-state index is -0.440. The van der Waals surface area contributed by atoms with Crippen molar-refractivity contribution in [2.24, 2.45) is 5.41 Å². The fourth-order valence-electron chi connectivity index (χ4n) is 3.31. The second kappa shape index (κ2) is 6.63. The lowest BCUT2D eigenvalue weighted by Gasteiger charge is -2.33. The summed E-state index contributed by atoms with van der Waals surface area (Å²) in [5.41, 5.74) is 0.425. The lowest BCUT2D eigenvalue weighted by molar-refractivity contribution is 0.0757. The first-order chi connectivity index (χ1) is 9.60. The molecule has 1 aromatic carbocycles. The van der Waals surface area contributed by atoms with E-state index in [1.54, 1.807) is 12.1 Å². The molecule has 1 aromatic rings. The number of rotatable bonds is 1. The number of hydrogen-bond donors (Lipinski definition) is 1. The molecule has 0 unspecified atom stereocenters. The molecule has 0 atom stereocenters. The van der Waals surface area contributed by atoms with Crippen molar-refractivity contribution in [2.75, 3.05) is 26.2 Å². The van der Waals surface area contributed by atoms with Crippen LogP contribution >= 0.6 is 28.3 Å². The highest BCUT2D eigenvalue weighted by Gasteiger charge is 2.40. The first-order valence-electron chi connectivity index (χ1n) is 7.05. The van der Waals surface area contributed by atoms with Gasteiger partial charge in [0, 0.05) is 17.6 Å². The maximum absolute atomic E-state index is 13.8. The summed E-state index contributed by atoms with van der Waals surface area (Å²) < 4.78 is 14.6. The van der Waals surface area contributed by atoms with Crippen LogP contribution in [0.5, 0.6) is 0 Å². The van der Waals surface area contributed by atoms with Gasteiger partial charge in [-0.2, -0.15) is 0 Å². The van der Waals surface area contributed by atoms with E-state index in [9.17, 15) is 9.18 Å². The van der Waals surface area contributed by atoms with Crippen LogP contribution in [0.1, 0.15) is 29.6 Å². The molecule has 21 heavy (non-hydrogen) atoms. The molecule has 2 heterocycles. The first kappa shape index (κ1) is 16.7. The number of carbonyl (C=O) groups is 1. The van der Waals surface area contributed by atoms with Crippen LogP contribution in [0.3, 0.4) is 0 Å². The molecule has 1 spiro atoms. The van der Waals surface area contributed by atoms with Crippen molar-refractivity contribution < 1.29 is 9.18 Å². The van der Waals surface area contributed by atoms with Gasteiger partial charge < -0.3 is 10.2 Å². The number of piperidine rings is 1. The van der Waals surface area contributed by atoms with Crippen molar-refractivity contribution in [3.63, 3.8) is 0 Å². The third kappa shape index (κ3) is 3.41. The molecule has 3 rings (SSSR count). The molecule has 0 bridgehead atoms. The lowest BCUT2D eigenvalue weighted by atomic mass is 9.78. The van der Waals surface area contributed by atoms with Gasteiger partial charge in [-0.05, 0) is 56.0 Å². The van der Waals surface area contributed by atoms with E-state index in [-0.39, 0.29) is 29.3 Å². The van der Waals surface area contributed by atoms with Crippen molar-refractivity contribution >= 4 is 34.2 Å². The van der Waals surface area contributed by atoms with E-state index < -0.39 is 5.82 Å². The summed E-state index contributed by atoms with van der Waals surface area (Å²) in [4.78, 5) is 14.3. The molecule has 0 saturated carbocycles. The Kier molecular flexibility index (Phi) is 5.28. The predicted molar refractivity (Wildman–Crippen MR) is 86.4 cm³/mol. The topological polar surface area (TPSA) is 32.3 Å². The van der Waals surface area contributed by atoms with Gasteiger partial charge in [0.25, 0.3) is 5.91 Å². The first-order valence-corrected chi connectivity index (χ1v) is 7.84. The van der Waals surface area contributed by atoms with E-state index in [1.807, 2.05) is 4.90 Å². The fraction of sp³-hybridized carbons (Fsp3) is 0.533. The van der Waals surface area contributed by atoms with Gasteiger partial charge in [0.2, 0.25) is 0 Å². The summed E-state index contributed by atoms with van der Waals surface area (Å²) in [5.74, 6) is -0.622. The summed E-state index contributed by atoms with van der Waals surface area (Å²) in [6.45, 7) is 3.55. The summed E-state index contributed by atoms with van der Waals surface area (Å²) in [5, 5.41) is 3.36. The van der Waals surface area contributed by atoms with Crippen LogP contribution in [0, 0.1) is 11.2 Å². The van der Waals surface area contributed by atoms with Gasteiger partial charge in [-0.15, -0.1) is 12.4 Å². The number of nitrogens with one attached hydrogen (secondary N) is 1. The molecule has 0 aromatic heterocycles. The highest BCUT2D eigenvalue weighted by atomic mass is 79.9. The van der Waals surface area contributed by atoms with Gasteiger partial charge in [-0.25, -0.2) is 4.39 Å². The van der Waals surface area contributed by atoms with Gasteiger partial charge in [-0.3, -0.25) is 4.79 Å². The van der Waals surface area contributed by atoms with E-state index >= 15 is 0 Å². The molecule has 3 nitrogen and oxygen atoms in total. The number of likely N-dealkylation sites (tertiary alicyclic amines) is 1. The monoisotopic (exact) mass is 376 g/mol. The Labute approximate surface area is 138 Å². The van der Waals surface area contributed by atoms with Crippen LogP contribution in [-0.4, -0.2) is 37.0 Å². The molecular formula is C15H19BrClFN2O. The molecule has 2 saturated heterocycles. The van der Waals surface area contributed by atoms with E-state index in [0.29, 0.717) is 0 Å². The van der Waals surface area contributed by atoms with Gasteiger partial charge in [0.15, 0.2) is 0 Å². The van der Waals surface area contributed by atoms with Crippen LogP contribution < -0.4 is 5.32 Å². The highest BCUT2D eigenvalue weighted by molar-refractivity contribution is 9.10. The Morgan fingerprint density at radius 1 is 1.29 bits per heavy atom. The molecule has 0 aliphatic carbocycles. The van der Waals surface area contributed by atoms with Crippen molar-refractivity contribution in [1.29, 1.82) is 0 Å². The maximum atomic E-state index is 13.8. The number of benzene rings is 1. The lowest BCUT2D eigenvalue weighted by Crippen LogP contribution is -2.39. The van der Waals surface area contributed by atoms with Crippen molar-refractivity contribution in [2.45, 2.75) is 19.3 Å². The smallest absolute Gasteiger partial charge is 0.256 e. The van der Waals surface area contributed by atoms with Crippen LogP contribution in [0.15, 0.2) is 22.7 Å². The van der Waals surface area contributed by atoms with Crippen molar-refractivity contribution in [1.82, 2.24) is 10.2 Å². The molecule has 2 aliphatic heterocycles. The largest absolute Gasteiger partial charge is 0.338 e. The number of halogens is 3. The van der Waals surface area contributed by atoms with Crippen molar-refractivity contribution in [3.8, 4) is 0 Å². The molecule has 2 fully saturated rings. The van der Waals surface area contributed by atoms with Gasteiger partial charge in [-0.1, -0.05) is 15.9 Å². The normalized spacial score (nSPS) is 20.4. The molecule has 6 heteroatoms. The third-order valence-corrected chi connectivity index (χ3v) is 5.04. The average Bonchev–Trinajstić information content (AvgIpc) is 2.85. The van der Waals surface area contributed by atoms with E-state index in [1.165, 1.54) is 6.07 Å². The summed E-state index contributed by atoms with van der Waals surface area (Å²) >= 11 is 3.30. The van der Waals surface area contributed by atoms with Crippen LogP contribution in [-0.2, 0) is 0 Å². The summed E-state index contributed by atoms with van der Waals surface area (Å²) in [6, 6.07) is 4.53. The zero-order valence-corrected chi connectivity index (χ0v) is 14.1. The minimum Gasteiger partial charge on any atom is -0.338 e. The van der Waals surface area contributed by atoms with Gasteiger partial charge in [0.1, 0.15) is 5.82 Å². The van der Waals surface area contributed by atoms with Crippen LogP contribution in [0.25, 0.3) is 0 Å². The summed E-state index contributed by atoms with van der Waals surface area (Å²) in [7, 11) is 0. The van der Waals surface area contributed by atoms with Crippen LogP contribution in [0.4, 0.5) is 4.39 Å². The predicted octanol–water partition coefficient (Wildman–Crippen LogP) is 3.23. The molecule has 2 aliphatic rings. The Morgan fingerprint density at radius 2 is 2.00 bits per heavy atom. The quantitative estimate of drug-likeness (QED) is 0.815. The SMILES string of the molecule is Cl.O=C(c1cc(Br)ccc1F)N1CCC2(CCNCC2)C1. The molecule has 116 valence electrons.